The van der Waals surface area contributed by atoms with E-state index in [1.807, 2.05) is 6.92 Å². The summed E-state index contributed by atoms with van der Waals surface area (Å²) in [5.41, 5.74) is 6.88. The van der Waals surface area contributed by atoms with Gasteiger partial charge in [-0.25, -0.2) is 0 Å². The molecule has 0 heterocycles. The van der Waals surface area contributed by atoms with E-state index in [4.69, 9.17) is 5.73 Å². The second-order valence-electron chi connectivity index (χ2n) is 4.70. The second kappa shape index (κ2) is 6.89. The molecule has 0 saturated heterocycles. The van der Waals surface area contributed by atoms with Crippen molar-refractivity contribution in [2.45, 2.75) is 25.8 Å². The van der Waals surface area contributed by atoms with E-state index in [1.165, 1.54) is 4.90 Å². The number of carbonyl (C=O) groups excluding carboxylic acids is 2. The Morgan fingerprint density at radius 2 is 2.05 bits per heavy atom. The van der Waals surface area contributed by atoms with Crippen LogP contribution >= 0.6 is 0 Å². The van der Waals surface area contributed by atoms with Crippen LogP contribution in [0.4, 0.5) is 5.69 Å². The number of anilines is 1. The molecule has 1 aromatic carbocycles. The van der Waals surface area contributed by atoms with E-state index in [0.29, 0.717) is 11.3 Å². The molecule has 0 aliphatic rings. The summed E-state index contributed by atoms with van der Waals surface area (Å²) >= 11 is 0. The average molecular weight is 263 g/mol. The zero-order chi connectivity index (χ0) is 14.4. The van der Waals surface area contributed by atoms with Crippen LogP contribution in [-0.4, -0.2) is 36.9 Å². The molecule has 5 heteroatoms. The SMILES string of the molecule is CCC(N)CC(=O)Nc1cccc(C(=O)N(C)C)c1. The first-order chi connectivity index (χ1) is 8.93. The maximum Gasteiger partial charge on any atom is 0.253 e. The molecule has 2 amide bonds. The number of nitrogens with two attached hydrogens (primary N) is 1. The summed E-state index contributed by atoms with van der Waals surface area (Å²) < 4.78 is 0. The van der Waals surface area contributed by atoms with Crippen LogP contribution in [0.5, 0.6) is 0 Å². The lowest BCUT2D eigenvalue weighted by molar-refractivity contribution is -0.116. The fraction of sp³-hybridized carbons (Fsp3) is 0.429. The average Bonchev–Trinajstić information content (AvgIpc) is 2.37. The zero-order valence-corrected chi connectivity index (χ0v) is 11.6. The number of hydrogen-bond donors (Lipinski definition) is 2. The van der Waals surface area contributed by atoms with Crippen LogP contribution in [0.25, 0.3) is 0 Å². The number of carbonyl (C=O) groups is 2. The van der Waals surface area contributed by atoms with Gasteiger partial charge in [-0.05, 0) is 24.6 Å². The molecule has 0 bridgehead atoms. The van der Waals surface area contributed by atoms with Crippen molar-refractivity contribution in [3.63, 3.8) is 0 Å². The van der Waals surface area contributed by atoms with Crippen LogP contribution < -0.4 is 11.1 Å². The monoisotopic (exact) mass is 263 g/mol. The fourth-order valence-corrected chi connectivity index (χ4v) is 1.58. The van der Waals surface area contributed by atoms with Crippen LogP contribution in [0, 0.1) is 0 Å². The molecule has 19 heavy (non-hydrogen) atoms. The minimum atomic E-state index is -0.135. The van der Waals surface area contributed by atoms with Crippen LogP contribution in [0.3, 0.4) is 0 Å². The van der Waals surface area contributed by atoms with Gasteiger partial charge in [0.1, 0.15) is 0 Å². The van der Waals surface area contributed by atoms with Gasteiger partial charge in [-0.2, -0.15) is 0 Å². The molecule has 0 fully saturated rings. The second-order valence-corrected chi connectivity index (χ2v) is 4.70. The number of nitrogens with one attached hydrogen (secondary N) is 1. The largest absolute Gasteiger partial charge is 0.345 e. The van der Waals surface area contributed by atoms with Gasteiger partial charge in [0.05, 0.1) is 0 Å². The van der Waals surface area contributed by atoms with Crippen LogP contribution in [0.2, 0.25) is 0 Å². The minimum Gasteiger partial charge on any atom is -0.345 e. The van der Waals surface area contributed by atoms with Gasteiger partial charge in [0, 0.05) is 37.8 Å². The molecular formula is C14H21N3O2. The van der Waals surface area contributed by atoms with Crippen molar-refractivity contribution in [3.05, 3.63) is 29.8 Å². The van der Waals surface area contributed by atoms with Crippen molar-refractivity contribution in [3.8, 4) is 0 Å². The van der Waals surface area contributed by atoms with E-state index in [1.54, 1.807) is 38.4 Å². The highest BCUT2D eigenvalue weighted by atomic mass is 16.2. The lowest BCUT2D eigenvalue weighted by Gasteiger charge is -2.12. The molecule has 5 nitrogen and oxygen atoms in total. The van der Waals surface area contributed by atoms with Gasteiger partial charge < -0.3 is 16.0 Å². The summed E-state index contributed by atoms with van der Waals surface area (Å²) in [4.78, 5) is 25.0. The van der Waals surface area contributed by atoms with Crippen molar-refractivity contribution in [2.75, 3.05) is 19.4 Å². The highest BCUT2D eigenvalue weighted by Crippen LogP contribution is 2.12. The van der Waals surface area contributed by atoms with Crippen molar-refractivity contribution in [1.29, 1.82) is 0 Å². The Hall–Kier alpha value is -1.88. The number of benzene rings is 1. The van der Waals surface area contributed by atoms with Crippen LogP contribution in [0.1, 0.15) is 30.1 Å². The summed E-state index contributed by atoms with van der Waals surface area (Å²) in [5, 5.41) is 2.75. The van der Waals surface area contributed by atoms with E-state index in [-0.39, 0.29) is 24.3 Å². The van der Waals surface area contributed by atoms with Gasteiger partial charge in [0.15, 0.2) is 0 Å². The molecule has 0 saturated carbocycles. The zero-order valence-electron chi connectivity index (χ0n) is 11.6. The lowest BCUT2D eigenvalue weighted by atomic mass is 10.1. The van der Waals surface area contributed by atoms with Gasteiger partial charge in [-0.1, -0.05) is 13.0 Å². The van der Waals surface area contributed by atoms with E-state index >= 15 is 0 Å². The van der Waals surface area contributed by atoms with E-state index in [0.717, 1.165) is 6.42 Å². The highest BCUT2D eigenvalue weighted by molar-refractivity contribution is 5.97. The van der Waals surface area contributed by atoms with E-state index in [9.17, 15) is 9.59 Å². The Kier molecular flexibility index (Phi) is 5.51. The molecule has 1 unspecified atom stereocenters. The third-order valence-corrected chi connectivity index (χ3v) is 2.77. The van der Waals surface area contributed by atoms with E-state index < -0.39 is 0 Å². The first-order valence-corrected chi connectivity index (χ1v) is 6.31. The molecule has 0 radical (unpaired) electrons. The molecule has 104 valence electrons. The molecule has 0 spiro atoms. The Balaban J connectivity index is 2.72. The van der Waals surface area contributed by atoms with Crippen molar-refractivity contribution >= 4 is 17.5 Å². The minimum absolute atomic E-state index is 0.0960. The van der Waals surface area contributed by atoms with Gasteiger partial charge in [-0.3, -0.25) is 9.59 Å². The third-order valence-electron chi connectivity index (χ3n) is 2.77. The maximum absolute atomic E-state index is 11.8. The van der Waals surface area contributed by atoms with Crippen molar-refractivity contribution in [1.82, 2.24) is 4.90 Å². The first kappa shape index (κ1) is 15.2. The summed E-state index contributed by atoms with van der Waals surface area (Å²) in [6.07, 6.45) is 1.04. The van der Waals surface area contributed by atoms with Crippen LogP contribution in [-0.2, 0) is 4.79 Å². The Morgan fingerprint density at radius 1 is 1.37 bits per heavy atom. The predicted molar refractivity (Wildman–Crippen MR) is 76.0 cm³/mol. The standard InChI is InChI=1S/C14H21N3O2/c1-4-11(15)9-13(18)16-12-7-5-6-10(8-12)14(19)17(2)3/h5-8,11H,4,9,15H2,1-3H3,(H,16,18). The summed E-state index contributed by atoms with van der Waals surface area (Å²) in [7, 11) is 3.38. The van der Waals surface area contributed by atoms with Gasteiger partial charge in [0.25, 0.3) is 5.91 Å². The molecule has 1 aromatic rings. The first-order valence-electron chi connectivity index (χ1n) is 6.31. The van der Waals surface area contributed by atoms with Gasteiger partial charge in [-0.15, -0.1) is 0 Å². The van der Waals surface area contributed by atoms with Gasteiger partial charge in [0.2, 0.25) is 5.91 Å². The molecule has 0 aliphatic heterocycles. The lowest BCUT2D eigenvalue weighted by Crippen LogP contribution is -2.26. The Labute approximate surface area is 113 Å². The molecule has 1 rings (SSSR count). The smallest absolute Gasteiger partial charge is 0.253 e. The van der Waals surface area contributed by atoms with Crippen molar-refractivity contribution < 1.29 is 9.59 Å². The highest BCUT2D eigenvalue weighted by Gasteiger charge is 2.11. The normalized spacial score (nSPS) is 11.8. The quantitative estimate of drug-likeness (QED) is 0.844. The molecular weight excluding hydrogens is 242 g/mol. The fourth-order valence-electron chi connectivity index (χ4n) is 1.58. The summed E-state index contributed by atoms with van der Waals surface area (Å²) in [6.45, 7) is 1.94. The molecule has 3 N–H and O–H groups in total. The van der Waals surface area contributed by atoms with Crippen molar-refractivity contribution in [2.24, 2.45) is 5.73 Å². The Bertz CT molecular complexity index is 458. The summed E-state index contributed by atoms with van der Waals surface area (Å²) in [5.74, 6) is -0.231. The summed E-state index contributed by atoms with van der Waals surface area (Å²) in [6, 6.07) is 6.74. The molecule has 0 aliphatic carbocycles. The number of nitrogens with zero attached hydrogens (tertiary/aromatic N) is 1. The number of amides is 2. The van der Waals surface area contributed by atoms with Crippen LogP contribution in [0.15, 0.2) is 24.3 Å². The predicted octanol–water partition coefficient (Wildman–Crippen LogP) is 1.45. The number of hydrogen-bond acceptors (Lipinski definition) is 3. The molecule has 1 atom stereocenters. The van der Waals surface area contributed by atoms with E-state index in [2.05, 4.69) is 5.32 Å². The molecule has 0 aromatic heterocycles. The van der Waals surface area contributed by atoms with Gasteiger partial charge >= 0.3 is 0 Å². The Morgan fingerprint density at radius 3 is 2.63 bits per heavy atom. The topological polar surface area (TPSA) is 75.4 Å². The third kappa shape index (κ3) is 4.71. The number of rotatable bonds is 5. The maximum atomic E-state index is 11.8.